The van der Waals surface area contributed by atoms with E-state index in [-0.39, 0.29) is 0 Å². The first-order valence-electron chi connectivity index (χ1n) is 16.1. The van der Waals surface area contributed by atoms with Crippen LogP contribution >= 0.6 is 0 Å². The summed E-state index contributed by atoms with van der Waals surface area (Å²) in [6.45, 7) is 4.94. The molecule has 3 nitrogen and oxygen atoms in total. The lowest BCUT2D eigenvalue weighted by Crippen LogP contribution is -2.49. The molecule has 1 aromatic heterocycles. The van der Waals surface area contributed by atoms with E-state index in [0.717, 1.165) is 22.3 Å². The summed E-state index contributed by atoms with van der Waals surface area (Å²) in [6, 6.07) is 54.1. The van der Waals surface area contributed by atoms with E-state index in [0.29, 0.717) is 17.5 Å². The van der Waals surface area contributed by atoms with Gasteiger partial charge in [0.15, 0.2) is 17.5 Å². The SMILES string of the molecule is C[Si]1(C)c2ccc(-c3nc(-c4ccccc4)nc(-c4ccc(-c5ccc6ccccc6c5)cc4)n3)cc2-c2ccc3ccccc3c21. The van der Waals surface area contributed by atoms with Crippen molar-refractivity contribution in [3.05, 3.63) is 152 Å². The van der Waals surface area contributed by atoms with Crippen molar-refractivity contribution >= 4 is 40.0 Å². The molecule has 0 bridgehead atoms. The van der Waals surface area contributed by atoms with Gasteiger partial charge in [0.25, 0.3) is 0 Å². The van der Waals surface area contributed by atoms with Crippen LogP contribution in [0.15, 0.2) is 152 Å². The van der Waals surface area contributed by atoms with Gasteiger partial charge in [-0.25, -0.2) is 15.0 Å². The lowest BCUT2D eigenvalue weighted by molar-refractivity contribution is 1.07. The molecule has 0 radical (unpaired) electrons. The van der Waals surface area contributed by atoms with E-state index in [4.69, 9.17) is 15.0 Å². The highest BCUT2D eigenvalue weighted by molar-refractivity contribution is 7.05. The van der Waals surface area contributed by atoms with Crippen LogP contribution < -0.4 is 10.4 Å². The smallest absolute Gasteiger partial charge is 0.164 e. The molecule has 0 spiro atoms. The molecule has 0 atom stereocenters. The molecule has 47 heavy (non-hydrogen) atoms. The standard InChI is InChI=1S/C43H31N3Si/c1-47(2)39-25-23-35(27-38(39)37-24-22-30-11-8-9-15-36(30)40(37)47)43-45-41(31-12-4-3-5-13-31)44-42(46-43)32-19-16-29(17-20-32)34-21-18-28-10-6-7-14-33(28)26-34/h3-27H,1-2H3. The third kappa shape index (κ3) is 4.60. The van der Waals surface area contributed by atoms with Crippen molar-refractivity contribution in [3.8, 4) is 56.4 Å². The maximum Gasteiger partial charge on any atom is 0.164 e. The van der Waals surface area contributed by atoms with Gasteiger partial charge in [0.05, 0.1) is 0 Å². The Labute approximate surface area is 275 Å². The topological polar surface area (TPSA) is 38.7 Å². The quantitative estimate of drug-likeness (QED) is 0.185. The number of aromatic nitrogens is 3. The maximum absolute atomic E-state index is 5.10. The van der Waals surface area contributed by atoms with Crippen molar-refractivity contribution in [2.75, 3.05) is 0 Å². The minimum atomic E-state index is -1.90. The molecule has 0 saturated heterocycles. The molecule has 0 fully saturated rings. The van der Waals surface area contributed by atoms with Crippen molar-refractivity contribution in [3.63, 3.8) is 0 Å². The van der Waals surface area contributed by atoms with Crippen LogP contribution in [-0.4, -0.2) is 23.0 Å². The van der Waals surface area contributed by atoms with Gasteiger partial charge in [-0.1, -0.05) is 153 Å². The second kappa shape index (κ2) is 10.7. The predicted octanol–water partition coefficient (Wildman–Crippen LogP) is 9.65. The number of fused-ring (bicyclic) bond motifs is 6. The Morgan fingerprint density at radius 2 is 0.936 bits per heavy atom. The molecule has 0 saturated carbocycles. The number of hydrogen-bond acceptors (Lipinski definition) is 3. The monoisotopic (exact) mass is 617 g/mol. The Kier molecular flexibility index (Phi) is 6.27. The highest BCUT2D eigenvalue weighted by Crippen LogP contribution is 2.35. The molecular weight excluding hydrogens is 587 g/mol. The first-order valence-corrected chi connectivity index (χ1v) is 19.1. The van der Waals surface area contributed by atoms with E-state index in [2.05, 4.69) is 147 Å². The summed E-state index contributed by atoms with van der Waals surface area (Å²) >= 11 is 0. The van der Waals surface area contributed by atoms with Crippen molar-refractivity contribution in [1.82, 2.24) is 15.0 Å². The summed E-state index contributed by atoms with van der Waals surface area (Å²) in [5.74, 6) is 2.02. The van der Waals surface area contributed by atoms with Crippen LogP contribution in [0, 0.1) is 0 Å². The van der Waals surface area contributed by atoms with Crippen molar-refractivity contribution in [1.29, 1.82) is 0 Å². The second-order valence-corrected chi connectivity index (χ2v) is 17.2. The molecule has 4 heteroatoms. The zero-order valence-corrected chi connectivity index (χ0v) is 27.3. The minimum Gasteiger partial charge on any atom is -0.208 e. The van der Waals surface area contributed by atoms with E-state index in [1.807, 2.05) is 18.2 Å². The summed E-state index contributed by atoms with van der Waals surface area (Å²) in [7, 11) is -1.90. The van der Waals surface area contributed by atoms with Gasteiger partial charge in [0.1, 0.15) is 8.07 Å². The Bertz CT molecular complexity index is 2480. The van der Waals surface area contributed by atoms with Gasteiger partial charge in [-0.2, -0.15) is 0 Å². The largest absolute Gasteiger partial charge is 0.208 e. The van der Waals surface area contributed by atoms with Crippen molar-refractivity contribution in [2.24, 2.45) is 0 Å². The summed E-state index contributed by atoms with van der Waals surface area (Å²) in [6.07, 6.45) is 0. The van der Waals surface area contributed by atoms with Crippen LogP contribution in [0.1, 0.15) is 0 Å². The van der Waals surface area contributed by atoms with Gasteiger partial charge >= 0.3 is 0 Å². The zero-order chi connectivity index (χ0) is 31.5. The Hall–Kier alpha value is -5.71. The second-order valence-electron chi connectivity index (χ2n) is 12.9. The predicted molar refractivity (Wildman–Crippen MR) is 199 cm³/mol. The minimum absolute atomic E-state index is 0.667. The average molecular weight is 618 g/mol. The molecule has 1 aliphatic rings. The Morgan fingerprint density at radius 1 is 0.383 bits per heavy atom. The molecule has 8 aromatic rings. The number of nitrogens with zero attached hydrogens (tertiary/aromatic N) is 3. The van der Waals surface area contributed by atoms with Crippen molar-refractivity contribution in [2.45, 2.75) is 13.1 Å². The lowest BCUT2D eigenvalue weighted by atomic mass is 9.99. The highest BCUT2D eigenvalue weighted by Gasteiger charge is 2.39. The lowest BCUT2D eigenvalue weighted by Gasteiger charge is -2.20. The molecule has 7 aromatic carbocycles. The fourth-order valence-electron chi connectivity index (χ4n) is 7.29. The number of rotatable bonds is 4. The summed E-state index contributed by atoms with van der Waals surface area (Å²) in [4.78, 5) is 15.1. The normalized spacial score (nSPS) is 13.1. The zero-order valence-electron chi connectivity index (χ0n) is 26.3. The van der Waals surface area contributed by atoms with Gasteiger partial charge in [0, 0.05) is 16.7 Å². The summed E-state index contributed by atoms with van der Waals surface area (Å²) < 4.78 is 0. The van der Waals surface area contributed by atoms with Gasteiger partial charge in [-0.3, -0.25) is 0 Å². The number of hydrogen-bond donors (Lipinski definition) is 0. The molecule has 0 N–H and O–H groups in total. The Morgan fingerprint density at radius 3 is 1.70 bits per heavy atom. The van der Waals surface area contributed by atoms with Crippen LogP contribution in [-0.2, 0) is 0 Å². The number of benzene rings is 7. The van der Waals surface area contributed by atoms with Gasteiger partial charge < -0.3 is 0 Å². The molecular formula is C43H31N3Si. The van der Waals surface area contributed by atoms with E-state index < -0.39 is 8.07 Å². The van der Waals surface area contributed by atoms with Crippen molar-refractivity contribution < 1.29 is 0 Å². The van der Waals surface area contributed by atoms with Gasteiger partial charge in [0.2, 0.25) is 0 Å². The molecule has 1 aliphatic heterocycles. The summed E-state index contributed by atoms with van der Waals surface area (Å²) in [5, 5.41) is 8.15. The van der Waals surface area contributed by atoms with Crippen LogP contribution in [0.4, 0.5) is 0 Å². The third-order valence-corrected chi connectivity index (χ3v) is 13.3. The summed E-state index contributed by atoms with van der Waals surface area (Å²) in [5.41, 5.74) is 7.94. The molecule has 0 amide bonds. The van der Waals surface area contributed by atoms with E-state index in [9.17, 15) is 0 Å². The average Bonchev–Trinajstić information content (AvgIpc) is 3.37. The molecule has 9 rings (SSSR count). The van der Waals surface area contributed by atoms with E-state index in [1.54, 1.807) is 0 Å². The van der Waals surface area contributed by atoms with E-state index >= 15 is 0 Å². The Balaban J connectivity index is 1.16. The van der Waals surface area contributed by atoms with E-state index in [1.165, 1.54) is 48.6 Å². The molecule has 222 valence electrons. The highest BCUT2D eigenvalue weighted by atomic mass is 28.3. The van der Waals surface area contributed by atoms with Crippen LogP contribution in [0.25, 0.3) is 78.0 Å². The molecule has 2 heterocycles. The van der Waals surface area contributed by atoms with Crippen LogP contribution in [0.5, 0.6) is 0 Å². The first-order chi connectivity index (χ1) is 23.0. The first kappa shape index (κ1) is 27.6. The van der Waals surface area contributed by atoms with Crippen LogP contribution in [0.3, 0.4) is 0 Å². The van der Waals surface area contributed by atoms with Gasteiger partial charge in [-0.05, 0) is 66.3 Å². The van der Waals surface area contributed by atoms with Crippen LogP contribution in [0.2, 0.25) is 13.1 Å². The fourth-order valence-corrected chi connectivity index (χ4v) is 10.7. The third-order valence-electron chi connectivity index (χ3n) is 9.69. The fraction of sp³-hybridized carbons (Fsp3) is 0.0465. The maximum atomic E-state index is 5.10. The molecule has 0 unspecified atom stereocenters. The molecule has 0 aliphatic carbocycles. The van der Waals surface area contributed by atoms with Gasteiger partial charge in [-0.15, -0.1) is 0 Å².